The molecule has 9 rings (SSSR count). The summed E-state index contributed by atoms with van der Waals surface area (Å²) in [5.41, 5.74) is 12.7. The Hall–Kier alpha value is -5.21. The molecule has 7 aromatic rings. The Morgan fingerprint density at radius 1 is 0.462 bits per heavy atom. The van der Waals surface area contributed by atoms with Crippen molar-refractivity contribution in [1.82, 2.24) is 4.98 Å². The Morgan fingerprint density at radius 3 is 1.90 bits per heavy atom. The van der Waals surface area contributed by atoms with Crippen molar-refractivity contribution >= 4 is 54.9 Å². The van der Waals surface area contributed by atoms with Crippen molar-refractivity contribution in [3.05, 3.63) is 161 Å². The molecule has 1 aromatic heterocycles. The van der Waals surface area contributed by atoms with Crippen LogP contribution in [-0.4, -0.2) is 4.98 Å². The molecule has 0 saturated heterocycles. The number of benzene rings is 6. The number of para-hydroxylation sites is 2. The Kier molecular flexibility index (Phi) is 4.08. The van der Waals surface area contributed by atoms with E-state index in [9.17, 15) is 0 Å². The summed E-state index contributed by atoms with van der Waals surface area (Å²) < 4.78 is 6.52. The minimum Gasteiger partial charge on any atom is -0.436 e. The van der Waals surface area contributed by atoms with Gasteiger partial charge >= 0.3 is 0 Å². The molecular weight excluding hydrogens is 474 g/mol. The van der Waals surface area contributed by atoms with E-state index in [1.165, 1.54) is 66.1 Å². The first-order valence-electron chi connectivity index (χ1n) is 13.3. The molecule has 0 spiro atoms. The molecule has 2 heteroatoms. The zero-order valence-corrected chi connectivity index (χ0v) is 21.0. The zero-order valence-electron chi connectivity index (χ0n) is 21.0. The average molecular weight is 496 g/mol. The molecule has 0 atom stereocenters. The Bertz CT molecular complexity index is 2180. The van der Waals surface area contributed by atoms with E-state index in [1.807, 2.05) is 24.3 Å². The van der Waals surface area contributed by atoms with Gasteiger partial charge < -0.3 is 4.42 Å². The van der Waals surface area contributed by atoms with Crippen LogP contribution >= 0.6 is 0 Å². The molecule has 1 heterocycles. The molecule has 2 aliphatic carbocycles. The summed E-state index contributed by atoms with van der Waals surface area (Å²) in [7, 11) is 0. The molecule has 0 fully saturated rings. The lowest BCUT2D eigenvalue weighted by Crippen LogP contribution is -1.94. The number of fused-ring (bicyclic) bond motifs is 9. The standard InChI is InChI=1S/C37H21NO/c1-2-11-23(12-3-1)32-28-20-24-13-4-5-14-25(24)21-29(28)35-34(32)27-19-18-22-10-6-7-15-26(22)33(27)36(35)37-38-30-16-8-9-17-31(30)39-37/h1-21H. The summed E-state index contributed by atoms with van der Waals surface area (Å²) in [4.78, 5) is 5.05. The highest BCUT2D eigenvalue weighted by molar-refractivity contribution is 6.37. The third kappa shape index (κ3) is 2.83. The van der Waals surface area contributed by atoms with Crippen LogP contribution in [0.1, 0.15) is 33.7 Å². The van der Waals surface area contributed by atoms with Crippen LogP contribution in [0.15, 0.2) is 132 Å². The summed E-state index contributed by atoms with van der Waals surface area (Å²) in [5, 5.41) is 4.91. The second-order valence-corrected chi connectivity index (χ2v) is 10.3. The molecule has 6 aromatic carbocycles. The van der Waals surface area contributed by atoms with Crippen LogP contribution in [0, 0.1) is 0 Å². The van der Waals surface area contributed by atoms with Crippen LogP contribution in [0.5, 0.6) is 0 Å². The molecule has 0 saturated carbocycles. The predicted molar refractivity (Wildman–Crippen MR) is 160 cm³/mol. The van der Waals surface area contributed by atoms with Crippen molar-refractivity contribution in [2.24, 2.45) is 0 Å². The average Bonchev–Trinajstić information content (AvgIpc) is 3.66. The van der Waals surface area contributed by atoms with Crippen LogP contribution in [0.3, 0.4) is 0 Å². The van der Waals surface area contributed by atoms with Crippen LogP contribution in [0.25, 0.3) is 54.9 Å². The Morgan fingerprint density at radius 2 is 1.10 bits per heavy atom. The van der Waals surface area contributed by atoms with Gasteiger partial charge in [0.05, 0.1) is 5.57 Å². The summed E-state index contributed by atoms with van der Waals surface area (Å²) in [5.74, 6) is 0.673. The topological polar surface area (TPSA) is 26.0 Å². The molecule has 2 aliphatic rings. The maximum absolute atomic E-state index is 6.52. The number of hydrogen-bond donors (Lipinski definition) is 0. The monoisotopic (exact) mass is 495 g/mol. The minimum atomic E-state index is 0.673. The zero-order chi connectivity index (χ0) is 25.5. The van der Waals surface area contributed by atoms with Gasteiger partial charge in [0.1, 0.15) is 5.52 Å². The third-order valence-electron chi connectivity index (χ3n) is 8.19. The second kappa shape index (κ2) is 7.66. The van der Waals surface area contributed by atoms with Gasteiger partial charge in [-0.2, -0.15) is 0 Å². The lowest BCUT2D eigenvalue weighted by molar-refractivity contribution is 0.586. The molecule has 0 bridgehead atoms. The van der Waals surface area contributed by atoms with Crippen molar-refractivity contribution in [3.8, 4) is 0 Å². The fourth-order valence-electron chi connectivity index (χ4n) is 6.55. The Labute approximate surface area is 225 Å². The molecule has 39 heavy (non-hydrogen) atoms. The van der Waals surface area contributed by atoms with Gasteiger partial charge in [-0.15, -0.1) is 0 Å². The van der Waals surface area contributed by atoms with Crippen LogP contribution < -0.4 is 0 Å². The smallest absolute Gasteiger partial charge is 0.228 e. The van der Waals surface area contributed by atoms with Crippen molar-refractivity contribution in [2.75, 3.05) is 0 Å². The number of aromatic nitrogens is 1. The minimum absolute atomic E-state index is 0.673. The first kappa shape index (κ1) is 20.8. The molecular formula is C37H21NO. The quantitative estimate of drug-likeness (QED) is 0.239. The largest absolute Gasteiger partial charge is 0.436 e. The summed E-state index contributed by atoms with van der Waals surface area (Å²) in [6.07, 6.45) is 0. The maximum atomic E-state index is 6.52. The Balaban J connectivity index is 1.50. The molecule has 180 valence electrons. The molecule has 0 amide bonds. The number of rotatable bonds is 2. The van der Waals surface area contributed by atoms with Gasteiger partial charge in [-0.3, -0.25) is 0 Å². The summed E-state index contributed by atoms with van der Waals surface area (Å²) in [6, 6.07) is 45.3. The van der Waals surface area contributed by atoms with E-state index < -0.39 is 0 Å². The number of nitrogens with zero attached hydrogens (tertiary/aromatic N) is 1. The SMILES string of the molecule is c1ccc(C2=C3C(=C(c4nc5ccccc5o4)c4c3ccc3ccccc43)c3cc4ccccc4cc32)cc1. The highest BCUT2D eigenvalue weighted by atomic mass is 16.3. The second-order valence-electron chi connectivity index (χ2n) is 10.3. The molecule has 0 aliphatic heterocycles. The third-order valence-corrected chi connectivity index (χ3v) is 8.19. The van der Waals surface area contributed by atoms with Gasteiger partial charge in [0.2, 0.25) is 5.89 Å². The number of oxazole rings is 1. The van der Waals surface area contributed by atoms with Crippen molar-refractivity contribution in [2.45, 2.75) is 0 Å². The fourth-order valence-corrected chi connectivity index (χ4v) is 6.55. The lowest BCUT2D eigenvalue weighted by Gasteiger charge is -2.13. The van der Waals surface area contributed by atoms with Gasteiger partial charge in [0.25, 0.3) is 0 Å². The van der Waals surface area contributed by atoms with E-state index in [-0.39, 0.29) is 0 Å². The predicted octanol–water partition coefficient (Wildman–Crippen LogP) is 9.38. The molecule has 0 unspecified atom stereocenters. The van der Waals surface area contributed by atoms with E-state index in [2.05, 4.69) is 103 Å². The lowest BCUT2D eigenvalue weighted by atomic mass is 9.90. The number of allylic oxidation sites excluding steroid dienone is 2. The highest BCUT2D eigenvalue weighted by Crippen LogP contribution is 2.60. The fraction of sp³-hybridized carbons (Fsp3) is 0. The molecule has 0 radical (unpaired) electrons. The van der Waals surface area contributed by atoms with E-state index in [1.54, 1.807) is 0 Å². The van der Waals surface area contributed by atoms with Crippen LogP contribution in [0.4, 0.5) is 0 Å². The van der Waals surface area contributed by atoms with Crippen LogP contribution in [-0.2, 0) is 0 Å². The van der Waals surface area contributed by atoms with Crippen molar-refractivity contribution < 1.29 is 4.42 Å². The summed E-state index contributed by atoms with van der Waals surface area (Å²) >= 11 is 0. The van der Waals surface area contributed by atoms with E-state index in [0.29, 0.717) is 5.89 Å². The maximum Gasteiger partial charge on any atom is 0.228 e. The molecule has 0 N–H and O–H groups in total. The van der Waals surface area contributed by atoms with E-state index in [4.69, 9.17) is 9.40 Å². The molecule has 2 nitrogen and oxygen atoms in total. The summed E-state index contributed by atoms with van der Waals surface area (Å²) in [6.45, 7) is 0. The first-order chi connectivity index (χ1) is 19.3. The van der Waals surface area contributed by atoms with Gasteiger partial charge in [-0.05, 0) is 79.2 Å². The first-order valence-corrected chi connectivity index (χ1v) is 13.3. The van der Waals surface area contributed by atoms with Gasteiger partial charge in [0.15, 0.2) is 5.58 Å². The van der Waals surface area contributed by atoms with Gasteiger partial charge in [-0.25, -0.2) is 4.98 Å². The van der Waals surface area contributed by atoms with E-state index in [0.717, 1.165) is 16.7 Å². The van der Waals surface area contributed by atoms with Crippen molar-refractivity contribution in [3.63, 3.8) is 0 Å². The van der Waals surface area contributed by atoms with Gasteiger partial charge in [0, 0.05) is 11.1 Å². The highest BCUT2D eigenvalue weighted by Gasteiger charge is 2.40. The number of hydrogen-bond acceptors (Lipinski definition) is 2. The van der Waals surface area contributed by atoms with Crippen LogP contribution in [0.2, 0.25) is 0 Å². The van der Waals surface area contributed by atoms with Gasteiger partial charge in [-0.1, -0.05) is 103 Å². The van der Waals surface area contributed by atoms with Crippen molar-refractivity contribution in [1.29, 1.82) is 0 Å². The normalized spacial score (nSPS) is 13.9. The van der Waals surface area contributed by atoms with E-state index >= 15 is 0 Å².